The zero-order valence-electron chi connectivity index (χ0n) is 12.6. The van der Waals surface area contributed by atoms with Crippen LogP contribution in [0.25, 0.3) is 0 Å². The van der Waals surface area contributed by atoms with E-state index in [1.165, 1.54) is 0 Å². The topological polar surface area (TPSA) is 71.2 Å². The highest BCUT2D eigenvalue weighted by molar-refractivity contribution is 4.97. The van der Waals surface area contributed by atoms with E-state index in [-0.39, 0.29) is 6.61 Å². The number of aliphatic hydroxyl groups is 1. The highest BCUT2D eigenvalue weighted by Crippen LogP contribution is 2.32. The van der Waals surface area contributed by atoms with Gasteiger partial charge in [0, 0.05) is 31.0 Å². The van der Waals surface area contributed by atoms with Gasteiger partial charge in [-0.25, -0.2) is 0 Å². The first-order valence-corrected chi connectivity index (χ1v) is 7.92. The van der Waals surface area contributed by atoms with Crippen LogP contribution in [0.2, 0.25) is 0 Å². The SMILES string of the molecule is CCc1noc(C2CCC(NC(C)CCCO)CC2)n1. The molecule has 0 aliphatic heterocycles. The Morgan fingerprint density at radius 1 is 1.35 bits per heavy atom. The monoisotopic (exact) mass is 281 g/mol. The van der Waals surface area contributed by atoms with Gasteiger partial charge in [-0.15, -0.1) is 0 Å². The van der Waals surface area contributed by atoms with Crippen LogP contribution in [-0.4, -0.2) is 33.9 Å². The summed E-state index contributed by atoms with van der Waals surface area (Å²) >= 11 is 0. The van der Waals surface area contributed by atoms with E-state index in [9.17, 15) is 0 Å². The fourth-order valence-electron chi connectivity index (χ4n) is 2.97. The molecule has 5 nitrogen and oxygen atoms in total. The molecule has 0 amide bonds. The largest absolute Gasteiger partial charge is 0.396 e. The van der Waals surface area contributed by atoms with E-state index < -0.39 is 0 Å². The molecule has 2 rings (SSSR count). The van der Waals surface area contributed by atoms with E-state index in [4.69, 9.17) is 9.63 Å². The molecular weight excluding hydrogens is 254 g/mol. The Bertz CT molecular complexity index is 386. The Morgan fingerprint density at radius 2 is 2.10 bits per heavy atom. The predicted octanol–water partition coefficient (Wildman–Crippen LogP) is 2.41. The van der Waals surface area contributed by atoms with Crippen molar-refractivity contribution in [2.75, 3.05) is 6.61 Å². The van der Waals surface area contributed by atoms with Crippen molar-refractivity contribution in [2.45, 2.75) is 76.8 Å². The Morgan fingerprint density at radius 3 is 2.70 bits per heavy atom. The lowest BCUT2D eigenvalue weighted by molar-refractivity contribution is 0.253. The quantitative estimate of drug-likeness (QED) is 0.803. The molecule has 1 saturated carbocycles. The van der Waals surface area contributed by atoms with Crippen LogP contribution in [0, 0.1) is 0 Å². The summed E-state index contributed by atoms with van der Waals surface area (Å²) in [4.78, 5) is 4.45. The first-order valence-electron chi connectivity index (χ1n) is 7.92. The van der Waals surface area contributed by atoms with Crippen molar-refractivity contribution in [3.05, 3.63) is 11.7 Å². The van der Waals surface area contributed by atoms with Gasteiger partial charge in [0.2, 0.25) is 5.89 Å². The first kappa shape index (κ1) is 15.4. The molecule has 5 heteroatoms. The van der Waals surface area contributed by atoms with Gasteiger partial charge in [0.05, 0.1) is 0 Å². The molecule has 1 aliphatic rings. The van der Waals surface area contributed by atoms with E-state index in [0.29, 0.717) is 18.0 Å². The summed E-state index contributed by atoms with van der Waals surface area (Å²) in [6.07, 6.45) is 7.33. The maximum Gasteiger partial charge on any atom is 0.229 e. The number of nitrogens with one attached hydrogen (secondary N) is 1. The second kappa shape index (κ2) is 7.74. The molecular formula is C15H27N3O2. The van der Waals surface area contributed by atoms with Crippen molar-refractivity contribution in [1.82, 2.24) is 15.5 Å². The van der Waals surface area contributed by atoms with Gasteiger partial charge in [0.15, 0.2) is 5.82 Å². The molecule has 0 radical (unpaired) electrons. The molecule has 1 fully saturated rings. The lowest BCUT2D eigenvalue weighted by atomic mass is 9.85. The molecule has 1 atom stereocenters. The number of aryl methyl sites for hydroxylation is 1. The van der Waals surface area contributed by atoms with Gasteiger partial charge in [-0.2, -0.15) is 4.98 Å². The third-order valence-electron chi connectivity index (χ3n) is 4.19. The summed E-state index contributed by atoms with van der Waals surface area (Å²) in [7, 11) is 0. The van der Waals surface area contributed by atoms with Crippen LogP contribution in [0.1, 0.15) is 70.0 Å². The molecule has 1 aromatic rings. The Balaban J connectivity index is 1.74. The van der Waals surface area contributed by atoms with Crippen molar-refractivity contribution in [1.29, 1.82) is 0 Å². The highest BCUT2D eigenvalue weighted by Gasteiger charge is 2.26. The van der Waals surface area contributed by atoms with Gasteiger partial charge in [0.1, 0.15) is 0 Å². The number of hydrogen-bond donors (Lipinski definition) is 2. The first-order chi connectivity index (χ1) is 9.72. The lowest BCUT2D eigenvalue weighted by Crippen LogP contribution is -2.38. The molecule has 0 saturated heterocycles. The third-order valence-corrected chi connectivity index (χ3v) is 4.19. The lowest BCUT2D eigenvalue weighted by Gasteiger charge is -2.29. The molecule has 2 N–H and O–H groups in total. The molecule has 114 valence electrons. The Hall–Kier alpha value is -0.940. The van der Waals surface area contributed by atoms with Gasteiger partial charge in [-0.05, 0) is 45.4 Å². The van der Waals surface area contributed by atoms with E-state index in [1.807, 2.05) is 6.92 Å². The van der Waals surface area contributed by atoms with E-state index in [0.717, 1.165) is 56.7 Å². The van der Waals surface area contributed by atoms with Crippen LogP contribution >= 0.6 is 0 Å². The Labute approximate surface area is 121 Å². The van der Waals surface area contributed by atoms with Crippen molar-refractivity contribution < 1.29 is 9.63 Å². The summed E-state index contributed by atoms with van der Waals surface area (Å²) in [6, 6.07) is 1.08. The summed E-state index contributed by atoms with van der Waals surface area (Å²) in [5, 5.41) is 16.5. The minimum Gasteiger partial charge on any atom is -0.396 e. The summed E-state index contributed by atoms with van der Waals surface area (Å²) in [5.41, 5.74) is 0. The molecule has 1 unspecified atom stereocenters. The maximum atomic E-state index is 8.85. The zero-order chi connectivity index (χ0) is 14.4. The van der Waals surface area contributed by atoms with Crippen LogP contribution in [0.5, 0.6) is 0 Å². The van der Waals surface area contributed by atoms with Gasteiger partial charge in [-0.1, -0.05) is 12.1 Å². The fourth-order valence-corrected chi connectivity index (χ4v) is 2.97. The molecule has 0 spiro atoms. The van der Waals surface area contributed by atoms with Crippen LogP contribution in [0.3, 0.4) is 0 Å². The summed E-state index contributed by atoms with van der Waals surface area (Å²) in [6.45, 7) is 4.53. The molecule has 20 heavy (non-hydrogen) atoms. The third kappa shape index (κ3) is 4.28. The number of aliphatic hydroxyl groups excluding tert-OH is 1. The average molecular weight is 281 g/mol. The number of aromatic nitrogens is 2. The summed E-state index contributed by atoms with van der Waals surface area (Å²) < 4.78 is 5.36. The zero-order valence-corrected chi connectivity index (χ0v) is 12.6. The van der Waals surface area contributed by atoms with Gasteiger partial charge in [0.25, 0.3) is 0 Å². The van der Waals surface area contributed by atoms with Crippen molar-refractivity contribution in [3.63, 3.8) is 0 Å². The minimum atomic E-state index is 0.287. The van der Waals surface area contributed by atoms with Crippen molar-refractivity contribution >= 4 is 0 Å². The predicted molar refractivity (Wildman–Crippen MR) is 77.6 cm³/mol. The van der Waals surface area contributed by atoms with Crippen LogP contribution < -0.4 is 5.32 Å². The fraction of sp³-hybridized carbons (Fsp3) is 0.867. The summed E-state index contributed by atoms with van der Waals surface area (Å²) in [5.74, 6) is 2.08. The van der Waals surface area contributed by atoms with Gasteiger partial charge in [-0.3, -0.25) is 0 Å². The number of nitrogens with zero attached hydrogens (tertiary/aromatic N) is 2. The normalized spacial score (nSPS) is 24.8. The van der Waals surface area contributed by atoms with E-state index in [2.05, 4.69) is 22.4 Å². The van der Waals surface area contributed by atoms with Gasteiger partial charge < -0.3 is 14.9 Å². The van der Waals surface area contributed by atoms with Crippen molar-refractivity contribution in [3.8, 4) is 0 Å². The second-order valence-corrected chi connectivity index (χ2v) is 5.88. The molecule has 1 aliphatic carbocycles. The van der Waals surface area contributed by atoms with E-state index >= 15 is 0 Å². The van der Waals surface area contributed by atoms with E-state index in [1.54, 1.807) is 0 Å². The number of hydrogen-bond acceptors (Lipinski definition) is 5. The maximum absolute atomic E-state index is 8.85. The molecule has 1 aromatic heterocycles. The Kier molecular flexibility index (Phi) is 5.98. The van der Waals surface area contributed by atoms with Crippen LogP contribution in [0.4, 0.5) is 0 Å². The number of rotatable bonds is 7. The van der Waals surface area contributed by atoms with Gasteiger partial charge >= 0.3 is 0 Å². The average Bonchev–Trinajstić information content (AvgIpc) is 2.95. The minimum absolute atomic E-state index is 0.287. The standard InChI is InChI=1S/C15H27N3O2/c1-3-14-17-15(20-18-14)12-6-8-13(9-7-12)16-11(2)5-4-10-19/h11-13,16,19H,3-10H2,1-2H3. The highest BCUT2D eigenvalue weighted by atomic mass is 16.5. The molecule has 0 bridgehead atoms. The van der Waals surface area contributed by atoms with Crippen LogP contribution in [0.15, 0.2) is 4.52 Å². The van der Waals surface area contributed by atoms with Crippen molar-refractivity contribution in [2.24, 2.45) is 0 Å². The second-order valence-electron chi connectivity index (χ2n) is 5.88. The molecule has 1 heterocycles. The smallest absolute Gasteiger partial charge is 0.229 e. The molecule has 0 aromatic carbocycles. The van der Waals surface area contributed by atoms with Crippen LogP contribution in [-0.2, 0) is 6.42 Å².